The number of piperidine rings is 1. The highest BCUT2D eigenvalue weighted by Gasteiger charge is 2.18. The summed E-state index contributed by atoms with van der Waals surface area (Å²) in [6.45, 7) is 9.57. The zero-order valence-corrected chi connectivity index (χ0v) is 12.5. The van der Waals surface area contributed by atoms with Gasteiger partial charge in [-0.3, -0.25) is 0 Å². The van der Waals surface area contributed by atoms with E-state index in [4.69, 9.17) is 0 Å². The summed E-state index contributed by atoms with van der Waals surface area (Å²) in [4.78, 5) is 4.18. The van der Waals surface area contributed by atoms with E-state index in [-0.39, 0.29) is 0 Å². The number of nitrogens with one attached hydrogen (secondary N) is 1. The van der Waals surface area contributed by atoms with E-state index in [1.54, 1.807) is 0 Å². The minimum atomic E-state index is 0.667. The quantitative estimate of drug-likeness (QED) is 0.851. The Bertz CT molecular complexity index is 315. The fourth-order valence-electron chi connectivity index (χ4n) is 2.66. The number of hydrogen-bond donors (Lipinski definition) is 1. The number of nitrogens with zero attached hydrogens (tertiary/aromatic N) is 1. The van der Waals surface area contributed by atoms with Gasteiger partial charge in [-0.25, -0.2) is 0 Å². The van der Waals surface area contributed by atoms with Gasteiger partial charge in [-0.1, -0.05) is 6.07 Å². The molecule has 0 bridgehead atoms. The molecule has 1 saturated heterocycles. The van der Waals surface area contributed by atoms with Gasteiger partial charge in [0, 0.05) is 24.0 Å². The van der Waals surface area contributed by atoms with Crippen LogP contribution in [0, 0.1) is 5.92 Å². The zero-order valence-electron chi connectivity index (χ0n) is 11.7. The lowest BCUT2D eigenvalue weighted by molar-refractivity contribution is 0.171. The molecule has 0 aromatic carbocycles. The van der Waals surface area contributed by atoms with Crippen LogP contribution in [0.3, 0.4) is 0 Å². The van der Waals surface area contributed by atoms with Gasteiger partial charge in [0.2, 0.25) is 0 Å². The van der Waals surface area contributed by atoms with Gasteiger partial charge in [0.1, 0.15) is 0 Å². The van der Waals surface area contributed by atoms with Crippen LogP contribution in [0.4, 0.5) is 0 Å². The molecule has 1 aromatic heterocycles. The molecular weight excluding hydrogens is 240 g/mol. The standard InChI is InChI=1S/C15H26N2S/c1-13(2)17(10-7-15-4-3-11-18-15)12-14-5-8-16-9-6-14/h3-4,11,13-14,16H,5-10,12H2,1-2H3. The van der Waals surface area contributed by atoms with Crippen LogP contribution in [0.5, 0.6) is 0 Å². The number of hydrogen-bond acceptors (Lipinski definition) is 3. The Kier molecular flexibility index (Phi) is 5.67. The molecule has 3 heteroatoms. The third kappa shape index (κ3) is 4.38. The average molecular weight is 266 g/mol. The van der Waals surface area contributed by atoms with Crippen LogP contribution in [0.1, 0.15) is 31.6 Å². The summed E-state index contributed by atoms with van der Waals surface area (Å²) in [7, 11) is 0. The molecule has 0 unspecified atom stereocenters. The summed E-state index contributed by atoms with van der Waals surface area (Å²) in [6, 6.07) is 5.08. The van der Waals surface area contributed by atoms with Crippen molar-refractivity contribution in [1.82, 2.24) is 10.2 Å². The maximum atomic E-state index is 3.45. The fourth-order valence-corrected chi connectivity index (χ4v) is 3.36. The highest BCUT2D eigenvalue weighted by atomic mass is 32.1. The fraction of sp³-hybridized carbons (Fsp3) is 0.733. The van der Waals surface area contributed by atoms with Gasteiger partial charge in [0.25, 0.3) is 0 Å². The second kappa shape index (κ2) is 7.27. The van der Waals surface area contributed by atoms with Crippen LogP contribution in [-0.2, 0) is 6.42 Å². The van der Waals surface area contributed by atoms with Crippen LogP contribution in [0.2, 0.25) is 0 Å². The SMILES string of the molecule is CC(C)N(CCc1cccs1)CC1CCNCC1. The van der Waals surface area contributed by atoms with Crippen molar-refractivity contribution in [2.24, 2.45) is 5.92 Å². The minimum absolute atomic E-state index is 0.667. The molecule has 1 aliphatic rings. The van der Waals surface area contributed by atoms with Crippen LogP contribution in [-0.4, -0.2) is 37.1 Å². The Hall–Kier alpha value is -0.380. The first kappa shape index (κ1) is 14.0. The Labute approximate surface area is 115 Å². The molecule has 2 heterocycles. The molecule has 0 radical (unpaired) electrons. The maximum absolute atomic E-state index is 3.45. The van der Waals surface area contributed by atoms with Crippen LogP contribution in [0.15, 0.2) is 17.5 Å². The van der Waals surface area contributed by atoms with Crippen molar-refractivity contribution in [3.8, 4) is 0 Å². The molecule has 1 N–H and O–H groups in total. The van der Waals surface area contributed by atoms with E-state index in [2.05, 4.69) is 41.6 Å². The molecule has 1 fully saturated rings. The maximum Gasteiger partial charge on any atom is 0.00579 e. The van der Waals surface area contributed by atoms with Crippen LogP contribution < -0.4 is 5.32 Å². The van der Waals surface area contributed by atoms with Crippen molar-refractivity contribution < 1.29 is 0 Å². The lowest BCUT2D eigenvalue weighted by Gasteiger charge is -2.32. The lowest BCUT2D eigenvalue weighted by Crippen LogP contribution is -2.40. The summed E-state index contributed by atoms with van der Waals surface area (Å²) < 4.78 is 0. The largest absolute Gasteiger partial charge is 0.317 e. The van der Waals surface area contributed by atoms with Crippen molar-refractivity contribution >= 4 is 11.3 Å². The van der Waals surface area contributed by atoms with Gasteiger partial charge < -0.3 is 10.2 Å². The highest BCUT2D eigenvalue weighted by molar-refractivity contribution is 7.09. The number of thiophene rings is 1. The Morgan fingerprint density at radius 2 is 2.17 bits per heavy atom. The molecule has 0 aliphatic carbocycles. The molecule has 2 nitrogen and oxygen atoms in total. The lowest BCUT2D eigenvalue weighted by atomic mass is 9.97. The summed E-state index contributed by atoms with van der Waals surface area (Å²) in [5.74, 6) is 0.900. The van der Waals surface area contributed by atoms with E-state index in [1.165, 1.54) is 50.3 Å². The molecule has 0 atom stereocenters. The summed E-state index contributed by atoms with van der Waals surface area (Å²) in [5.41, 5.74) is 0. The second-order valence-electron chi connectivity index (χ2n) is 5.61. The normalized spacial score (nSPS) is 17.8. The Morgan fingerprint density at radius 1 is 1.39 bits per heavy atom. The van der Waals surface area contributed by atoms with E-state index in [1.807, 2.05) is 11.3 Å². The third-order valence-electron chi connectivity index (χ3n) is 3.91. The van der Waals surface area contributed by atoms with Crippen molar-refractivity contribution in [3.05, 3.63) is 22.4 Å². The van der Waals surface area contributed by atoms with E-state index in [0.29, 0.717) is 6.04 Å². The molecule has 0 spiro atoms. The van der Waals surface area contributed by atoms with Crippen molar-refractivity contribution in [1.29, 1.82) is 0 Å². The predicted octanol–water partition coefficient (Wildman–Crippen LogP) is 3.00. The van der Waals surface area contributed by atoms with E-state index in [9.17, 15) is 0 Å². The average Bonchev–Trinajstić information content (AvgIpc) is 2.88. The first-order valence-corrected chi connectivity index (χ1v) is 8.11. The Balaban J connectivity index is 1.79. The van der Waals surface area contributed by atoms with Crippen molar-refractivity contribution in [2.45, 2.75) is 39.2 Å². The van der Waals surface area contributed by atoms with Crippen molar-refractivity contribution in [2.75, 3.05) is 26.2 Å². The highest BCUT2D eigenvalue weighted by Crippen LogP contribution is 2.16. The molecule has 2 rings (SSSR count). The molecule has 0 saturated carbocycles. The number of rotatable bonds is 6. The summed E-state index contributed by atoms with van der Waals surface area (Å²) >= 11 is 1.89. The van der Waals surface area contributed by atoms with E-state index >= 15 is 0 Å². The summed E-state index contributed by atoms with van der Waals surface area (Å²) in [6.07, 6.45) is 3.91. The zero-order chi connectivity index (χ0) is 12.8. The van der Waals surface area contributed by atoms with E-state index in [0.717, 1.165) is 5.92 Å². The molecule has 18 heavy (non-hydrogen) atoms. The van der Waals surface area contributed by atoms with Crippen LogP contribution >= 0.6 is 11.3 Å². The van der Waals surface area contributed by atoms with E-state index < -0.39 is 0 Å². The minimum Gasteiger partial charge on any atom is -0.317 e. The van der Waals surface area contributed by atoms with Crippen LogP contribution in [0.25, 0.3) is 0 Å². The first-order chi connectivity index (χ1) is 8.75. The van der Waals surface area contributed by atoms with Gasteiger partial charge in [0.05, 0.1) is 0 Å². The predicted molar refractivity (Wildman–Crippen MR) is 80.3 cm³/mol. The molecular formula is C15H26N2S. The molecule has 1 aliphatic heterocycles. The van der Waals surface area contributed by atoms with Gasteiger partial charge in [-0.2, -0.15) is 0 Å². The molecule has 1 aromatic rings. The van der Waals surface area contributed by atoms with Crippen molar-refractivity contribution in [3.63, 3.8) is 0 Å². The van der Waals surface area contributed by atoms with Gasteiger partial charge in [-0.05, 0) is 63.6 Å². The molecule has 0 amide bonds. The summed E-state index contributed by atoms with van der Waals surface area (Å²) in [5, 5.41) is 5.64. The van der Waals surface area contributed by atoms with Gasteiger partial charge in [-0.15, -0.1) is 11.3 Å². The first-order valence-electron chi connectivity index (χ1n) is 7.23. The topological polar surface area (TPSA) is 15.3 Å². The monoisotopic (exact) mass is 266 g/mol. The third-order valence-corrected chi connectivity index (χ3v) is 4.84. The second-order valence-corrected chi connectivity index (χ2v) is 6.64. The van der Waals surface area contributed by atoms with Gasteiger partial charge >= 0.3 is 0 Å². The smallest absolute Gasteiger partial charge is 0.00579 e. The molecule has 102 valence electrons. The van der Waals surface area contributed by atoms with Gasteiger partial charge in [0.15, 0.2) is 0 Å². The Morgan fingerprint density at radius 3 is 2.78 bits per heavy atom.